The van der Waals surface area contributed by atoms with Crippen molar-refractivity contribution in [1.29, 1.82) is 0 Å². The zero-order valence-electron chi connectivity index (χ0n) is 12.4. The Labute approximate surface area is 125 Å². The molecular formula is C16H23NO4. The van der Waals surface area contributed by atoms with Crippen LogP contribution in [0.1, 0.15) is 25.7 Å². The molecule has 0 spiro atoms. The van der Waals surface area contributed by atoms with E-state index in [2.05, 4.69) is 5.32 Å². The lowest BCUT2D eigenvalue weighted by atomic mass is 9.87. The highest BCUT2D eigenvalue weighted by atomic mass is 16.5. The number of carbonyl (C=O) groups excluding carboxylic acids is 1. The number of benzene rings is 1. The summed E-state index contributed by atoms with van der Waals surface area (Å²) in [5.41, 5.74) is -0.139. The van der Waals surface area contributed by atoms with Gasteiger partial charge in [0.05, 0.1) is 13.7 Å². The van der Waals surface area contributed by atoms with E-state index < -0.39 is 0 Å². The van der Waals surface area contributed by atoms with Gasteiger partial charge in [-0.3, -0.25) is 4.79 Å². The monoisotopic (exact) mass is 293 g/mol. The van der Waals surface area contributed by atoms with E-state index in [1.807, 2.05) is 12.1 Å². The molecule has 1 saturated carbocycles. The number of hydrogen-bond donors (Lipinski definition) is 2. The Morgan fingerprint density at radius 3 is 2.57 bits per heavy atom. The van der Waals surface area contributed by atoms with Gasteiger partial charge in [0.15, 0.2) is 18.1 Å². The number of amides is 1. The molecule has 0 atom stereocenters. The summed E-state index contributed by atoms with van der Waals surface area (Å²) in [6, 6.07) is 7.22. The number of para-hydroxylation sites is 2. The van der Waals surface area contributed by atoms with Gasteiger partial charge in [-0.05, 0) is 25.0 Å². The Kier molecular flexibility index (Phi) is 5.44. The summed E-state index contributed by atoms with van der Waals surface area (Å²) < 4.78 is 10.6. The summed E-state index contributed by atoms with van der Waals surface area (Å²) in [4.78, 5) is 11.9. The van der Waals surface area contributed by atoms with Gasteiger partial charge in [0.25, 0.3) is 5.91 Å². The Hall–Kier alpha value is -1.75. The molecule has 1 aliphatic rings. The first-order valence-electron chi connectivity index (χ1n) is 7.32. The molecule has 116 valence electrons. The van der Waals surface area contributed by atoms with Gasteiger partial charge in [-0.2, -0.15) is 0 Å². The SMILES string of the molecule is COc1ccccc1OCC(=O)NCC1(CO)CCCC1. The lowest BCUT2D eigenvalue weighted by Crippen LogP contribution is -2.40. The maximum absolute atomic E-state index is 11.9. The summed E-state index contributed by atoms with van der Waals surface area (Å²) in [5, 5.41) is 12.4. The van der Waals surface area contributed by atoms with Crippen LogP contribution in [0.4, 0.5) is 0 Å². The normalized spacial score (nSPS) is 16.5. The van der Waals surface area contributed by atoms with Gasteiger partial charge in [-0.1, -0.05) is 25.0 Å². The van der Waals surface area contributed by atoms with Crippen LogP contribution < -0.4 is 14.8 Å². The average molecular weight is 293 g/mol. The third kappa shape index (κ3) is 4.11. The minimum absolute atomic E-state index is 0.0537. The molecule has 0 unspecified atom stereocenters. The fraction of sp³-hybridized carbons (Fsp3) is 0.562. The van der Waals surface area contributed by atoms with Crippen LogP contribution in [-0.2, 0) is 4.79 Å². The van der Waals surface area contributed by atoms with Crippen LogP contribution >= 0.6 is 0 Å². The lowest BCUT2D eigenvalue weighted by molar-refractivity contribution is -0.123. The summed E-state index contributed by atoms with van der Waals surface area (Å²) in [6.07, 6.45) is 4.18. The van der Waals surface area contributed by atoms with E-state index in [-0.39, 0.29) is 24.5 Å². The summed E-state index contributed by atoms with van der Waals surface area (Å²) in [6.45, 7) is 0.583. The highest BCUT2D eigenvalue weighted by Gasteiger charge is 2.33. The van der Waals surface area contributed by atoms with Crippen molar-refractivity contribution in [2.24, 2.45) is 5.41 Å². The Morgan fingerprint density at radius 1 is 1.29 bits per heavy atom. The molecule has 2 rings (SSSR count). The zero-order chi connectivity index (χ0) is 15.1. The van der Waals surface area contributed by atoms with Crippen LogP contribution in [0.25, 0.3) is 0 Å². The molecule has 0 radical (unpaired) electrons. The molecule has 1 aromatic rings. The first-order valence-corrected chi connectivity index (χ1v) is 7.32. The standard InChI is InChI=1S/C16H23NO4/c1-20-13-6-2-3-7-14(13)21-10-15(19)17-11-16(12-18)8-4-5-9-16/h2-3,6-7,18H,4-5,8-12H2,1H3,(H,17,19). The fourth-order valence-corrected chi connectivity index (χ4v) is 2.73. The molecular weight excluding hydrogens is 270 g/mol. The molecule has 21 heavy (non-hydrogen) atoms. The molecule has 0 bridgehead atoms. The molecule has 0 aliphatic heterocycles. The van der Waals surface area contributed by atoms with Gasteiger partial charge in [0, 0.05) is 12.0 Å². The molecule has 1 fully saturated rings. The average Bonchev–Trinajstić information content (AvgIpc) is 3.00. The van der Waals surface area contributed by atoms with Crippen LogP contribution in [0.2, 0.25) is 0 Å². The zero-order valence-corrected chi connectivity index (χ0v) is 12.4. The van der Waals surface area contributed by atoms with Crippen molar-refractivity contribution in [3.8, 4) is 11.5 Å². The second-order valence-electron chi connectivity index (χ2n) is 5.58. The Morgan fingerprint density at radius 2 is 1.95 bits per heavy atom. The Bertz CT molecular complexity index is 469. The van der Waals surface area contributed by atoms with Crippen molar-refractivity contribution >= 4 is 5.91 Å². The summed E-state index contributed by atoms with van der Waals surface area (Å²) >= 11 is 0. The van der Waals surface area contributed by atoms with Crippen molar-refractivity contribution in [1.82, 2.24) is 5.32 Å². The number of nitrogens with one attached hydrogen (secondary N) is 1. The van der Waals surface area contributed by atoms with Gasteiger partial charge in [0.2, 0.25) is 0 Å². The van der Waals surface area contributed by atoms with E-state index in [0.29, 0.717) is 18.0 Å². The van der Waals surface area contributed by atoms with E-state index in [1.165, 1.54) is 0 Å². The molecule has 5 heteroatoms. The molecule has 1 aliphatic carbocycles. The van der Waals surface area contributed by atoms with E-state index in [9.17, 15) is 9.90 Å². The van der Waals surface area contributed by atoms with E-state index in [0.717, 1.165) is 25.7 Å². The second kappa shape index (κ2) is 7.31. The van der Waals surface area contributed by atoms with E-state index >= 15 is 0 Å². The number of aliphatic hydroxyl groups is 1. The highest BCUT2D eigenvalue weighted by molar-refractivity contribution is 5.77. The maximum atomic E-state index is 11.9. The van der Waals surface area contributed by atoms with Crippen LogP contribution in [-0.4, -0.2) is 37.9 Å². The molecule has 5 nitrogen and oxygen atoms in total. The van der Waals surface area contributed by atoms with E-state index in [1.54, 1.807) is 19.2 Å². The van der Waals surface area contributed by atoms with Gasteiger partial charge in [-0.25, -0.2) is 0 Å². The van der Waals surface area contributed by atoms with Crippen LogP contribution in [0.5, 0.6) is 11.5 Å². The minimum atomic E-state index is -0.180. The molecule has 0 aromatic heterocycles. The largest absolute Gasteiger partial charge is 0.493 e. The van der Waals surface area contributed by atoms with Crippen LogP contribution in [0, 0.1) is 5.41 Å². The molecule has 0 heterocycles. The minimum Gasteiger partial charge on any atom is -0.493 e. The number of hydrogen-bond acceptors (Lipinski definition) is 4. The first-order chi connectivity index (χ1) is 10.2. The van der Waals surface area contributed by atoms with Crippen LogP contribution in [0.15, 0.2) is 24.3 Å². The topological polar surface area (TPSA) is 67.8 Å². The molecule has 0 saturated heterocycles. The number of carbonyl (C=O) groups is 1. The Balaban J connectivity index is 1.79. The van der Waals surface area contributed by atoms with Gasteiger partial charge >= 0.3 is 0 Å². The number of rotatable bonds is 7. The van der Waals surface area contributed by atoms with Gasteiger partial charge in [-0.15, -0.1) is 0 Å². The quantitative estimate of drug-likeness (QED) is 0.803. The molecule has 2 N–H and O–H groups in total. The van der Waals surface area contributed by atoms with Crippen molar-refractivity contribution in [2.45, 2.75) is 25.7 Å². The van der Waals surface area contributed by atoms with Crippen molar-refractivity contribution < 1.29 is 19.4 Å². The van der Waals surface area contributed by atoms with Crippen molar-refractivity contribution in [3.05, 3.63) is 24.3 Å². The predicted molar refractivity (Wildman–Crippen MR) is 79.5 cm³/mol. The lowest BCUT2D eigenvalue weighted by Gasteiger charge is -2.26. The number of methoxy groups -OCH3 is 1. The third-order valence-electron chi connectivity index (χ3n) is 4.09. The predicted octanol–water partition coefficient (Wildman–Crippen LogP) is 1.74. The van der Waals surface area contributed by atoms with Crippen molar-refractivity contribution in [3.63, 3.8) is 0 Å². The third-order valence-corrected chi connectivity index (χ3v) is 4.09. The smallest absolute Gasteiger partial charge is 0.257 e. The number of ether oxygens (including phenoxy) is 2. The van der Waals surface area contributed by atoms with E-state index in [4.69, 9.17) is 9.47 Å². The molecule has 1 amide bonds. The van der Waals surface area contributed by atoms with Gasteiger partial charge in [0.1, 0.15) is 0 Å². The maximum Gasteiger partial charge on any atom is 0.257 e. The first kappa shape index (κ1) is 15.6. The van der Waals surface area contributed by atoms with Crippen molar-refractivity contribution in [2.75, 3.05) is 26.9 Å². The van der Waals surface area contributed by atoms with Crippen LogP contribution in [0.3, 0.4) is 0 Å². The number of aliphatic hydroxyl groups excluding tert-OH is 1. The highest BCUT2D eigenvalue weighted by Crippen LogP contribution is 2.36. The van der Waals surface area contributed by atoms with Gasteiger partial charge < -0.3 is 19.9 Å². The second-order valence-corrected chi connectivity index (χ2v) is 5.58. The molecule has 1 aromatic carbocycles. The fourth-order valence-electron chi connectivity index (χ4n) is 2.73. The summed E-state index contributed by atoms with van der Waals surface area (Å²) in [5.74, 6) is 0.974. The summed E-state index contributed by atoms with van der Waals surface area (Å²) in [7, 11) is 1.56.